The van der Waals surface area contributed by atoms with Crippen LogP contribution >= 0.6 is 24.0 Å². The molecule has 0 radical (unpaired) electrons. The third kappa shape index (κ3) is 8.31. The molecule has 166 valence electrons. The Kier molecular flexibility index (Phi) is 11.9. The maximum atomic E-state index is 14.2. The number of hydrogen-bond acceptors (Lipinski definition) is 4. The zero-order chi connectivity index (χ0) is 20.5. The number of aliphatic imine (C=N–C) groups is 1. The molecule has 1 aliphatic rings. The van der Waals surface area contributed by atoms with Crippen LogP contribution in [0.15, 0.2) is 23.2 Å². The highest BCUT2D eigenvalue weighted by molar-refractivity contribution is 14.0. The molecule has 9 heteroatoms. The Morgan fingerprint density at radius 1 is 1.34 bits per heavy atom. The first kappa shape index (κ1) is 26.0. The molecule has 0 aromatic heterocycles. The molecule has 3 atom stereocenters. The molecule has 1 aromatic rings. The van der Waals surface area contributed by atoms with Crippen molar-refractivity contribution in [2.75, 3.05) is 47.0 Å². The minimum absolute atomic E-state index is 0. The van der Waals surface area contributed by atoms with E-state index < -0.39 is 17.7 Å². The van der Waals surface area contributed by atoms with E-state index in [1.54, 1.807) is 19.0 Å². The number of ether oxygens (including phenoxy) is 2. The summed E-state index contributed by atoms with van der Waals surface area (Å²) in [5, 5.41) is 6.45. The van der Waals surface area contributed by atoms with Gasteiger partial charge in [0.1, 0.15) is 11.6 Å². The fourth-order valence-electron chi connectivity index (χ4n) is 3.04. The lowest BCUT2D eigenvalue weighted by atomic mass is 10.0. The van der Waals surface area contributed by atoms with Crippen molar-refractivity contribution in [3.63, 3.8) is 0 Å². The van der Waals surface area contributed by atoms with Crippen LogP contribution in [-0.2, 0) is 9.47 Å². The number of rotatable bonds is 9. The van der Waals surface area contributed by atoms with Gasteiger partial charge in [-0.25, -0.2) is 8.78 Å². The summed E-state index contributed by atoms with van der Waals surface area (Å²) in [6, 6.07) is 3.43. The van der Waals surface area contributed by atoms with Gasteiger partial charge in [-0.2, -0.15) is 0 Å². The summed E-state index contributed by atoms with van der Waals surface area (Å²) >= 11 is 0. The van der Waals surface area contributed by atoms with E-state index in [4.69, 9.17) is 9.47 Å². The Balaban J connectivity index is 0.00000420. The van der Waals surface area contributed by atoms with Crippen molar-refractivity contribution in [1.82, 2.24) is 15.5 Å². The lowest BCUT2D eigenvalue weighted by Gasteiger charge is -2.25. The van der Waals surface area contributed by atoms with Crippen LogP contribution < -0.4 is 10.6 Å². The van der Waals surface area contributed by atoms with Crippen LogP contribution in [0.25, 0.3) is 0 Å². The van der Waals surface area contributed by atoms with Gasteiger partial charge in [0.15, 0.2) is 5.96 Å². The van der Waals surface area contributed by atoms with E-state index in [1.807, 2.05) is 13.8 Å². The van der Waals surface area contributed by atoms with E-state index in [1.165, 1.54) is 18.2 Å². The van der Waals surface area contributed by atoms with E-state index in [0.29, 0.717) is 25.7 Å². The first-order valence-electron chi connectivity index (χ1n) is 9.76. The largest absolute Gasteiger partial charge is 0.379 e. The third-order valence-corrected chi connectivity index (χ3v) is 4.58. The van der Waals surface area contributed by atoms with Gasteiger partial charge in [-0.3, -0.25) is 4.99 Å². The number of hydrogen-bond donors (Lipinski definition) is 2. The van der Waals surface area contributed by atoms with Crippen LogP contribution in [0.2, 0.25) is 0 Å². The van der Waals surface area contributed by atoms with E-state index >= 15 is 0 Å². The Morgan fingerprint density at radius 2 is 2.03 bits per heavy atom. The van der Waals surface area contributed by atoms with Crippen molar-refractivity contribution in [1.29, 1.82) is 0 Å². The second kappa shape index (κ2) is 13.3. The van der Waals surface area contributed by atoms with Gasteiger partial charge >= 0.3 is 0 Å². The average molecular weight is 526 g/mol. The highest BCUT2D eigenvalue weighted by Gasteiger charge is 2.22. The quantitative estimate of drug-likeness (QED) is 0.295. The molecule has 2 N–H and O–H groups in total. The van der Waals surface area contributed by atoms with Crippen molar-refractivity contribution in [3.8, 4) is 0 Å². The van der Waals surface area contributed by atoms with Crippen LogP contribution in [0.1, 0.15) is 31.9 Å². The Morgan fingerprint density at radius 3 is 2.59 bits per heavy atom. The van der Waals surface area contributed by atoms with Gasteiger partial charge in [0.05, 0.1) is 31.9 Å². The molecule has 0 spiro atoms. The standard InChI is InChI=1S/C20H32F2N4O2.HI/c1-5-23-20(25-14(2)12-28-15-9-10-27-13-15)24-11-18(26(3)4)19-16(21)7-6-8-17(19)22;/h6-8,14-15,18H,5,9-13H2,1-4H3,(H2,23,24,25);1H. The molecule has 6 nitrogen and oxygen atoms in total. The predicted octanol–water partition coefficient (Wildman–Crippen LogP) is 2.93. The first-order chi connectivity index (χ1) is 13.4. The van der Waals surface area contributed by atoms with E-state index in [0.717, 1.165) is 13.0 Å². The highest BCUT2D eigenvalue weighted by atomic mass is 127. The van der Waals surface area contributed by atoms with Crippen molar-refractivity contribution in [2.24, 2.45) is 4.99 Å². The normalized spacial score (nSPS) is 19.0. The molecular formula is C20H33F2IN4O2. The summed E-state index contributed by atoms with van der Waals surface area (Å²) in [5.74, 6) is -0.537. The maximum absolute atomic E-state index is 14.2. The molecule has 1 saturated heterocycles. The average Bonchev–Trinajstić information content (AvgIpc) is 3.15. The summed E-state index contributed by atoms with van der Waals surface area (Å²) < 4.78 is 39.6. The molecule has 3 unspecified atom stereocenters. The van der Waals surface area contributed by atoms with Gasteiger partial charge in [-0.1, -0.05) is 6.07 Å². The molecule has 29 heavy (non-hydrogen) atoms. The van der Waals surface area contributed by atoms with Crippen LogP contribution in [0, 0.1) is 11.6 Å². The summed E-state index contributed by atoms with van der Waals surface area (Å²) in [6.45, 7) is 6.77. The molecule has 0 bridgehead atoms. The van der Waals surface area contributed by atoms with Crippen molar-refractivity contribution in [2.45, 2.75) is 38.5 Å². The van der Waals surface area contributed by atoms with Crippen LogP contribution in [-0.4, -0.2) is 70.0 Å². The molecule has 2 rings (SSSR count). The van der Waals surface area contributed by atoms with Gasteiger partial charge in [-0.05, 0) is 46.5 Å². The molecule has 1 aromatic carbocycles. The maximum Gasteiger partial charge on any atom is 0.191 e. The topological polar surface area (TPSA) is 58.1 Å². The molecular weight excluding hydrogens is 493 g/mol. The smallest absolute Gasteiger partial charge is 0.191 e. The zero-order valence-electron chi connectivity index (χ0n) is 17.6. The molecule has 1 aliphatic heterocycles. The summed E-state index contributed by atoms with van der Waals surface area (Å²) in [5.41, 5.74) is 0.0321. The number of benzene rings is 1. The number of halogens is 3. The van der Waals surface area contributed by atoms with E-state index in [-0.39, 0.29) is 48.2 Å². The minimum Gasteiger partial charge on any atom is -0.379 e. The van der Waals surface area contributed by atoms with E-state index in [2.05, 4.69) is 15.6 Å². The van der Waals surface area contributed by atoms with Crippen molar-refractivity contribution < 1.29 is 18.3 Å². The Bertz CT molecular complexity index is 623. The lowest BCUT2D eigenvalue weighted by molar-refractivity contribution is 0.0347. The van der Waals surface area contributed by atoms with Crippen molar-refractivity contribution >= 4 is 29.9 Å². The van der Waals surface area contributed by atoms with Gasteiger partial charge in [0.25, 0.3) is 0 Å². The number of nitrogens with zero attached hydrogens (tertiary/aromatic N) is 2. The van der Waals surface area contributed by atoms with E-state index in [9.17, 15) is 8.78 Å². The fourth-order valence-corrected chi connectivity index (χ4v) is 3.04. The second-order valence-corrected chi connectivity index (χ2v) is 7.20. The monoisotopic (exact) mass is 526 g/mol. The van der Waals surface area contributed by atoms with Gasteiger partial charge in [0.2, 0.25) is 0 Å². The molecule has 0 saturated carbocycles. The molecule has 1 heterocycles. The Labute approximate surface area is 189 Å². The number of guanidine groups is 1. The van der Waals surface area contributed by atoms with Gasteiger partial charge < -0.3 is 25.0 Å². The predicted molar refractivity (Wildman–Crippen MR) is 122 cm³/mol. The fraction of sp³-hybridized carbons (Fsp3) is 0.650. The molecule has 0 amide bonds. The second-order valence-electron chi connectivity index (χ2n) is 7.20. The van der Waals surface area contributed by atoms with Gasteiger partial charge in [0, 0.05) is 24.8 Å². The zero-order valence-corrected chi connectivity index (χ0v) is 19.9. The first-order valence-corrected chi connectivity index (χ1v) is 9.76. The SMILES string of the molecule is CCNC(=NCC(c1c(F)cccc1F)N(C)C)NC(C)COC1CCOC1.I. The lowest BCUT2D eigenvalue weighted by Crippen LogP contribution is -2.45. The Hall–Kier alpha value is -1.04. The summed E-state index contributed by atoms with van der Waals surface area (Å²) in [4.78, 5) is 6.32. The van der Waals surface area contributed by atoms with Crippen LogP contribution in [0.5, 0.6) is 0 Å². The van der Waals surface area contributed by atoms with Gasteiger partial charge in [-0.15, -0.1) is 24.0 Å². The van der Waals surface area contributed by atoms with Crippen molar-refractivity contribution in [3.05, 3.63) is 35.4 Å². The summed E-state index contributed by atoms with van der Waals surface area (Å²) in [7, 11) is 3.57. The minimum atomic E-state index is -0.563. The molecule has 0 aliphatic carbocycles. The van der Waals surface area contributed by atoms with Crippen LogP contribution in [0.3, 0.4) is 0 Å². The number of likely N-dealkylation sites (N-methyl/N-ethyl adjacent to an activating group) is 1. The number of nitrogens with one attached hydrogen (secondary N) is 2. The molecule has 1 fully saturated rings. The highest BCUT2D eigenvalue weighted by Crippen LogP contribution is 2.24. The third-order valence-electron chi connectivity index (χ3n) is 4.58. The van der Waals surface area contributed by atoms with Crippen LogP contribution in [0.4, 0.5) is 8.78 Å². The summed E-state index contributed by atoms with van der Waals surface area (Å²) in [6.07, 6.45) is 1.06.